The van der Waals surface area contributed by atoms with Gasteiger partial charge in [0.15, 0.2) is 0 Å². The number of halogens is 2. The number of benzene rings is 2. The average molecular weight is 359 g/mol. The number of nitrogens with one attached hydrogen (secondary N) is 1. The minimum Gasteiger partial charge on any atom is -0.378 e. The molecule has 1 aliphatic rings. The van der Waals surface area contributed by atoms with Crippen molar-refractivity contribution in [2.75, 3.05) is 35.8 Å². The fourth-order valence-corrected chi connectivity index (χ4v) is 2.90. The summed E-state index contributed by atoms with van der Waals surface area (Å²) < 4.78 is 27.0. The Morgan fingerprint density at radius 3 is 2.46 bits per heavy atom. The van der Waals surface area contributed by atoms with Crippen LogP contribution < -0.4 is 15.1 Å². The third-order valence-electron chi connectivity index (χ3n) is 4.35. The number of amides is 2. The van der Waals surface area contributed by atoms with E-state index in [-0.39, 0.29) is 30.5 Å². The van der Waals surface area contributed by atoms with Crippen molar-refractivity contribution in [3.05, 3.63) is 54.1 Å². The van der Waals surface area contributed by atoms with Crippen LogP contribution in [0.4, 0.5) is 25.8 Å². The van der Waals surface area contributed by atoms with E-state index in [2.05, 4.69) is 5.32 Å². The molecule has 0 radical (unpaired) electrons. The molecule has 1 N–H and O–H groups in total. The van der Waals surface area contributed by atoms with Gasteiger partial charge in [0.05, 0.1) is 11.6 Å². The lowest BCUT2D eigenvalue weighted by Crippen LogP contribution is -2.28. The van der Waals surface area contributed by atoms with E-state index >= 15 is 0 Å². The molecular weight excluding hydrogens is 340 g/mol. The highest BCUT2D eigenvalue weighted by molar-refractivity contribution is 6.03. The van der Waals surface area contributed by atoms with E-state index < -0.39 is 17.6 Å². The molecule has 0 bridgehead atoms. The van der Waals surface area contributed by atoms with Gasteiger partial charge in [-0.25, -0.2) is 8.78 Å². The summed E-state index contributed by atoms with van der Waals surface area (Å²) in [6.45, 7) is 0.0585. The third-order valence-corrected chi connectivity index (χ3v) is 4.35. The van der Waals surface area contributed by atoms with E-state index in [1.54, 1.807) is 12.1 Å². The van der Waals surface area contributed by atoms with Gasteiger partial charge in [0.1, 0.15) is 11.6 Å². The summed E-state index contributed by atoms with van der Waals surface area (Å²) in [5.41, 5.74) is 1.61. The summed E-state index contributed by atoms with van der Waals surface area (Å²) in [7, 11) is 3.84. The van der Waals surface area contributed by atoms with Gasteiger partial charge >= 0.3 is 0 Å². The summed E-state index contributed by atoms with van der Waals surface area (Å²) >= 11 is 0. The molecule has 26 heavy (non-hydrogen) atoms. The highest BCUT2D eigenvalue weighted by Gasteiger charge is 2.36. The number of hydrogen-bond acceptors (Lipinski definition) is 3. The summed E-state index contributed by atoms with van der Waals surface area (Å²) in [6.07, 6.45) is -0.0154. The molecule has 1 heterocycles. The van der Waals surface area contributed by atoms with Gasteiger partial charge in [-0.05, 0) is 36.4 Å². The molecule has 1 fully saturated rings. The van der Waals surface area contributed by atoms with Crippen molar-refractivity contribution in [1.82, 2.24) is 0 Å². The molecule has 5 nitrogen and oxygen atoms in total. The predicted molar refractivity (Wildman–Crippen MR) is 96.2 cm³/mol. The Bertz CT molecular complexity index is 837. The van der Waals surface area contributed by atoms with Crippen LogP contribution in [-0.4, -0.2) is 32.5 Å². The standard InChI is InChI=1S/C19H19F2N3O2/c1-23(2)15-6-4-14(5-7-15)22-19(26)12-9-18(25)24(11-12)17-8-3-13(20)10-16(17)21/h3-8,10,12H,9,11H2,1-2H3,(H,22,26). The number of carbonyl (C=O) groups is 2. The zero-order valence-corrected chi connectivity index (χ0v) is 14.5. The molecule has 0 aromatic heterocycles. The van der Waals surface area contributed by atoms with Crippen LogP contribution in [0, 0.1) is 17.6 Å². The summed E-state index contributed by atoms with van der Waals surface area (Å²) in [5, 5.41) is 2.78. The Balaban J connectivity index is 1.68. The molecule has 7 heteroatoms. The lowest BCUT2D eigenvalue weighted by atomic mass is 10.1. The van der Waals surface area contributed by atoms with Gasteiger partial charge in [-0.2, -0.15) is 0 Å². The Hall–Kier alpha value is -2.96. The minimum atomic E-state index is -0.821. The second-order valence-corrected chi connectivity index (χ2v) is 6.43. The molecule has 1 unspecified atom stereocenters. The van der Waals surface area contributed by atoms with E-state index in [1.165, 1.54) is 11.0 Å². The Labute approximate surface area is 150 Å². The Morgan fingerprint density at radius 2 is 1.85 bits per heavy atom. The third kappa shape index (κ3) is 3.66. The van der Waals surface area contributed by atoms with E-state index in [0.29, 0.717) is 5.69 Å². The first-order chi connectivity index (χ1) is 12.3. The van der Waals surface area contributed by atoms with Crippen LogP contribution in [0.2, 0.25) is 0 Å². The van der Waals surface area contributed by atoms with Crippen LogP contribution in [0.3, 0.4) is 0 Å². The molecule has 1 saturated heterocycles. The molecule has 0 saturated carbocycles. The van der Waals surface area contributed by atoms with E-state index in [4.69, 9.17) is 0 Å². The first-order valence-electron chi connectivity index (χ1n) is 8.19. The number of rotatable bonds is 4. The van der Waals surface area contributed by atoms with Crippen LogP contribution in [0.15, 0.2) is 42.5 Å². The van der Waals surface area contributed by atoms with E-state index in [0.717, 1.165) is 17.8 Å². The molecule has 2 aromatic carbocycles. The monoisotopic (exact) mass is 359 g/mol. The second-order valence-electron chi connectivity index (χ2n) is 6.43. The van der Waals surface area contributed by atoms with Gasteiger partial charge < -0.3 is 15.1 Å². The average Bonchev–Trinajstić information content (AvgIpc) is 2.97. The smallest absolute Gasteiger partial charge is 0.229 e. The van der Waals surface area contributed by atoms with Crippen molar-refractivity contribution in [3.63, 3.8) is 0 Å². The molecule has 136 valence electrons. The predicted octanol–water partition coefficient (Wildman–Crippen LogP) is 3.02. The summed E-state index contributed by atoms with van der Waals surface area (Å²) in [6, 6.07) is 10.3. The van der Waals surface area contributed by atoms with Gasteiger partial charge in [0.25, 0.3) is 0 Å². The zero-order chi connectivity index (χ0) is 18.8. The van der Waals surface area contributed by atoms with Gasteiger partial charge in [0, 0.05) is 44.5 Å². The molecule has 1 atom stereocenters. The maximum atomic E-state index is 13.9. The van der Waals surface area contributed by atoms with Crippen LogP contribution in [-0.2, 0) is 9.59 Å². The first-order valence-corrected chi connectivity index (χ1v) is 8.19. The molecule has 3 rings (SSSR count). The molecule has 1 aliphatic heterocycles. The van der Waals surface area contributed by atoms with E-state index in [1.807, 2.05) is 31.1 Å². The molecular formula is C19H19F2N3O2. The quantitative estimate of drug-likeness (QED) is 0.913. The minimum absolute atomic E-state index is 0.0120. The van der Waals surface area contributed by atoms with Crippen LogP contribution in [0.5, 0.6) is 0 Å². The second kappa shape index (κ2) is 7.11. The number of hydrogen-bond donors (Lipinski definition) is 1. The van der Waals surface area contributed by atoms with Crippen molar-refractivity contribution in [2.45, 2.75) is 6.42 Å². The molecule has 0 aliphatic carbocycles. The van der Waals surface area contributed by atoms with Crippen LogP contribution in [0.25, 0.3) is 0 Å². The SMILES string of the molecule is CN(C)c1ccc(NC(=O)C2CC(=O)N(c3ccc(F)cc3F)C2)cc1. The summed E-state index contributed by atoms with van der Waals surface area (Å²) in [4.78, 5) is 27.7. The van der Waals surface area contributed by atoms with Gasteiger partial charge in [-0.1, -0.05) is 0 Å². The van der Waals surface area contributed by atoms with Crippen molar-refractivity contribution in [1.29, 1.82) is 0 Å². The van der Waals surface area contributed by atoms with Crippen molar-refractivity contribution < 1.29 is 18.4 Å². The number of carbonyl (C=O) groups excluding carboxylic acids is 2. The lowest BCUT2D eigenvalue weighted by molar-refractivity contribution is -0.122. The van der Waals surface area contributed by atoms with Gasteiger partial charge in [0.2, 0.25) is 11.8 Å². The largest absolute Gasteiger partial charge is 0.378 e. The maximum Gasteiger partial charge on any atom is 0.229 e. The zero-order valence-electron chi connectivity index (χ0n) is 14.5. The number of anilines is 3. The highest BCUT2D eigenvalue weighted by Crippen LogP contribution is 2.28. The van der Waals surface area contributed by atoms with Crippen molar-refractivity contribution >= 4 is 28.9 Å². The van der Waals surface area contributed by atoms with Gasteiger partial charge in [-0.15, -0.1) is 0 Å². The number of nitrogens with zero attached hydrogens (tertiary/aromatic N) is 2. The topological polar surface area (TPSA) is 52.7 Å². The van der Waals surface area contributed by atoms with Crippen LogP contribution in [0.1, 0.15) is 6.42 Å². The lowest BCUT2D eigenvalue weighted by Gasteiger charge is -2.17. The summed E-state index contributed by atoms with van der Waals surface area (Å²) in [5.74, 6) is -2.80. The van der Waals surface area contributed by atoms with Crippen molar-refractivity contribution in [2.24, 2.45) is 5.92 Å². The van der Waals surface area contributed by atoms with Gasteiger partial charge in [-0.3, -0.25) is 9.59 Å². The fourth-order valence-electron chi connectivity index (χ4n) is 2.90. The van der Waals surface area contributed by atoms with E-state index in [9.17, 15) is 18.4 Å². The Kier molecular flexibility index (Phi) is 4.88. The Morgan fingerprint density at radius 1 is 1.15 bits per heavy atom. The molecule has 2 amide bonds. The highest BCUT2D eigenvalue weighted by atomic mass is 19.1. The molecule has 2 aromatic rings. The normalized spacial score (nSPS) is 16.7. The van der Waals surface area contributed by atoms with Crippen LogP contribution >= 0.6 is 0 Å². The molecule has 0 spiro atoms. The van der Waals surface area contributed by atoms with Crippen molar-refractivity contribution in [3.8, 4) is 0 Å². The maximum absolute atomic E-state index is 13.9. The fraction of sp³-hybridized carbons (Fsp3) is 0.263. The first kappa shape index (κ1) is 17.8.